The minimum Gasteiger partial charge on any atom is -0.493 e. The zero-order chi connectivity index (χ0) is 22.4. The molecular weight excluding hydrogens is 392 g/mol. The van der Waals surface area contributed by atoms with E-state index in [9.17, 15) is 0 Å². The second kappa shape index (κ2) is 10.4. The minimum atomic E-state index is 0.555. The highest BCUT2D eigenvalue weighted by Gasteiger charge is 2.20. The van der Waals surface area contributed by atoms with Gasteiger partial charge in [-0.1, -0.05) is 19.4 Å². The molecule has 31 heavy (non-hydrogen) atoms. The van der Waals surface area contributed by atoms with E-state index in [0.29, 0.717) is 25.6 Å². The Hall–Kier alpha value is -2.95. The number of furan rings is 1. The summed E-state index contributed by atoms with van der Waals surface area (Å²) in [6.07, 6.45) is 2.09. The number of rotatable bonds is 9. The molecule has 166 valence electrons. The molecule has 3 aromatic rings. The molecule has 0 amide bonds. The molecule has 0 spiro atoms. The van der Waals surface area contributed by atoms with Gasteiger partial charge in [0.1, 0.15) is 22.7 Å². The van der Waals surface area contributed by atoms with Crippen LogP contribution in [0.2, 0.25) is 0 Å². The molecule has 0 radical (unpaired) electrons. The van der Waals surface area contributed by atoms with Crippen molar-refractivity contribution in [1.29, 1.82) is 0 Å². The minimum absolute atomic E-state index is 0.555. The fourth-order valence-electron chi connectivity index (χ4n) is 3.74. The summed E-state index contributed by atoms with van der Waals surface area (Å²) in [6, 6.07) is 10.1. The van der Waals surface area contributed by atoms with Crippen molar-refractivity contribution in [3.63, 3.8) is 0 Å². The number of hydrogen-bond acceptors (Lipinski definition) is 4. The number of fused-ring (bicyclic) bond motifs is 1. The summed E-state index contributed by atoms with van der Waals surface area (Å²) < 4.78 is 29.5. The van der Waals surface area contributed by atoms with E-state index in [1.807, 2.05) is 58.0 Å². The van der Waals surface area contributed by atoms with Crippen molar-refractivity contribution in [2.75, 3.05) is 26.9 Å². The molecule has 0 saturated heterocycles. The summed E-state index contributed by atoms with van der Waals surface area (Å²) in [7, 11) is 1.66. The molecule has 5 nitrogen and oxygen atoms in total. The first-order valence-corrected chi connectivity index (χ1v) is 11.0. The summed E-state index contributed by atoms with van der Waals surface area (Å²) in [5.74, 6) is 3.86. The van der Waals surface area contributed by atoms with Crippen LogP contribution in [0.3, 0.4) is 0 Å². The molecule has 0 unspecified atom stereocenters. The highest BCUT2D eigenvalue weighted by atomic mass is 16.5. The van der Waals surface area contributed by atoms with E-state index in [1.54, 1.807) is 7.11 Å². The lowest BCUT2D eigenvalue weighted by Crippen LogP contribution is -2.02. The molecule has 0 aliphatic heterocycles. The molecule has 2 aromatic carbocycles. The van der Waals surface area contributed by atoms with Gasteiger partial charge in [-0.15, -0.1) is 0 Å². The Balaban J connectivity index is 2.24. The van der Waals surface area contributed by atoms with Gasteiger partial charge in [0.15, 0.2) is 11.5 Å². The monoisotopic (exact) mass is 425 g/mol. The second-order valence-corrected chi connectivity index (χ2v) is 7.37. The zero-order valence-electron chi connectivity index (χ0n) is 19.5. The molecule has 1 aromatic heterocycles. The van der Waals surface area contributed by atoms with Crippen molar-refractivity contribution in [2.45, 2.75) is 47.5 Å². The van der Waals surface area contributed by atoms with Crippen LogP contribution < -0.4 is 19.6 Å². The number of benzene rings is 1. The number of ether oxygens (including phenoxy) is 3. The Kier molecular flexibility index (Phi) is 7.61. The lowest BCUT2D eigenvalue weighted by Gasteiger charge is -2.12. The van der Waals surface area contributed by atoms with Gasteiger partial charge in [0.25, 0.3) is 6.61 Å². The van der Waals surface area contributed by atoms with Gasteiger partial charge in [-0.25, -0.2) is 0 Å². The van der Waals surface area contributed by atoms with Crippen LogP contribution in [0.25, 0.3) is 21.9 Å². The van der Waals surface area contributed by atoms with Crippen molar-refractivity contribution in [2.24, 2.45) is 0 Å². The van der Waals surface area contributed by atoms with E-state index in [-0.39, 0.29) is 0 Å². The van der Waals surface area contributed by atoms with Gasteiger partial charge in [0, 0.05) is 6.92 Å². The van der Waals surface area contributed by atoms with Gasteiger partial charge in [0.2, 0.25) is 0 Å². The summed E-state index contributed by atoms with van der Waals surface area (Å²) in [5, 5.41) is 1.89. The summed E-state index contributed by atoms with van der Waals surface area (Å²) >= 11 is 0. The van der Waals surface area contributed by atoms with E-state index in [4.69, 9.17) is 23.1 Å². The Morgan fingerprint density at radius 1 is 0.839 bits per heavy atom. The summed E-state index contributed by atoms with van der Waals surface area (Å²) in [5.41, 5.74) is 2.74. The standard InChI is InChI=1S/C26H33O5/c1-7-10-13-30-21-12-11-19(14-22(21)27-6)20-15-23(28-8-2)25-17(4)31-18(5)26(25)24(16-20)29-9-3/h11-12,14-16H,7-10,13H2,1-6H3/q+1. The molecule has 3 rings (SSSR count). The topological polar surface area (TPSA) is 52.1 Å². The molecule has 0 N–H and O–H groups in total. The molecular formula is C26H33O5+. The number of aryl methyl sites for hydroxylation is 2. The Morgan fingerprint density at radius 2 is 1.58 bits per heavy atom. The van der Waals surface area contributed by atoms with Crippen LogP contribution in [0.15, 0.2) is 39.2 Å². The highest BCUT2D eigenvalue weighted by Crippen LogP contribution is 2.36. The van der Waals surface area contributed by atoms with Gasteiger partial charge >= 0.3 is 5.43 Å². The lowest BCUT2D eigenvalue weighted by molar-refractivity contribution is 0.288. The fraction of sp³-hybridized carbons (Fsp3) is 0.423. The van der Waals surface area contributed by atoms with Crippen LogP contribution in [-0.2, 0) is 0 Å². The molecule has 0 fully saturated rings. The first kappa shape index (κ1) is 22.7. The van der Waals surface area contributed by atoms with E-state index in [2.05, 4.69) is 6.92 Å². The molecule has 0 bridgehead atoms. The third kappa shape index (κ3) is 4.87. The van der Waals surface area contributed by atoms with Crippen molar-refractivity contribution in [1.82, 2.24) is 0 Å². The molecule has 0 atom stereocenters. The smallest absolute Gasteiger partial charge is 0.355 e. The van der Waals surface area contributed by atoms with E-state index >= 15 is 0 Å². The van der Waals surface area contributed by atoms with Crippen LogP contribution >= 0.6 is 0 Å². The normalized spacial score (nSPS) is 11.7. The van der Waals surface area contributed by atoms with Crippen molar-refractivity contribution in [3.8, 4) is 28.4 Å². The molecule has 0 saturated carbocycles. The van der Waals surface area contributed by atoms with E-state index < -0.39 is 0 Å². The number of methoxy groups -OCH3 is 1. The van der Waals surface area contributed by atoms with Crippen LogP contribution in [0.4, 0.5) is 0 Å². The predicted octanol–water partition coefficient (Wildman–Crippen LogP) is 6.22. The average Bonchev–Trinajstić information content (AvgIpc) is 2.95. The van der Waals surface area contributed by atoms with Gasteiger partial charge < -0.3 is 18.6 Å². The highest BCUT2D eigenvalue weighted by molar-refractivity contribution is 5.93. The Bertz CT molecular complexity index is 1110. The first-order valence-electron chi connectivity index (χ1n) is 11.0. The van der Waals surface area contributed by atoms with Crippen LogP contribution in [0.1, 0.15) is 45.1 Å². The number of hydrogen-bond donors (Lipinski definition) is 0. The predicted molar refractivity (Wildman–Crippen MR) is 126 cm³/mol. The van der Waals surface area contributed by atoms with Crippen LogP contribution in [-0.4, -0.2) is 26.9 Å². The third-order valence-electron chi connectivity index (χ3n) is 5.18. The first-order chi connectivity index (χ1) is 15.0. The van der Waals surface area contributed by atoms with E-state index in [0.717, 1.165) is 63.2 Å². The van der Waals surface area contributed by atoms with Crippen molar-refractivity contribution < 1.29 is 18.6 Å². The lowest BCUT2D eigenvalue weighted by atomic mass is 10.1. The SMILES string of the molecule is CCCCOc1ccc(-c2cc(OCC)c3c(C)oc(C)c3c(=[O+]CC)c2)cc1OC. The average molecular weight is 426 g/mol. The molecule has 0 aliphatic rings. The van der Waals surface area contributed by atoms with Crippen LogP contribution in [0.5, 0.6) is 17.2 Å². The van der Waals surface area contributed by atoms with Crippen molar-refractivity contribution in [3.05, 3.63) is 51.7 Å². The van der Waals surface area contributed by atoms with Gasteiger partial charge in [-0.2, -0.15) is 0 Å². The Labute approximate surface area is 184 Å². The van der Waals surface area contributed by atoms with Gasteiger partial charge in [-0.05, 0) is 56.5 Å². The molecule has 5 heteroatoms. The fourth-order valence-corrected chi connectivity index (χ4v) is 3.74. The molecule has 1 heterocycles. The zero-order valence-corrected chi connectivity index (χ0v) is 19.5. The molecule has 0 aliphatic carbocycles. The summed E-state index contributed by atoms with van der Waals surface area (Å²) in [4.78, 5) is 0. The largest absolute Gasteiger partial charge is 0.493 e. The van der Waals surface area contributed by atoms with Crippen molar-refractivity contribution >= 4 is 10.8 Å². The maximum absolute atomic E-state index is 6.04. The quantitative estimate of drug-likeness (QED) is 0.302. The number of unbranched alkanes of at least 4 members (excludes halogenated alkanes) is 1. The maximum Gasteiger partial charge on any atom is 0.355 e. The van der Waals surface area contributed by atoms with E-state index in [1.165, 1.54) is 0 Å². The maximum atomic E-state index is 6.04. The van der Waals surface area contributed by atoms with Gasteiger partial charge in [-0.3, -0.25) is 4.42 Å². The van der Waals surface area contributed by atoms with Gasteiger partial charge in [0.05, 0.1) is 31.8 Å². The second-order valence-electron chi connectivity index (χ2n) is 7.37. The van der Waals surface area contributed by atoms with Crippen LogP contribution in [0, 0.1) is 13.8 Å². The third-order valence-corrected chi connectivity index (χ3v) is 5.18. The summed E-state index contributed by atoms with van der Waals surface area (Å²) in [6.45, 7) is 11.8. The Morgan fingerprint density at radius 3 is 2.26 bits per heavy atom.